The molecule has 0 N–H and O–H groups in total. The van der Waals surface area contributed by atoms with Crippen molar-refractivity contribution < 1.29 is 21.1 Å². The summed E-state index contributed by atoms with van der Waals surface area (Å²) in [5, 5.41) is 2.54. The van der Waals surface area contributed by atoms with E-state index in [4.69, 9.17) is 0 Å². The summed E-state index contributed by atoms with van der Waals surface area (Å²) in [6.07, 6.45) is 0. The Morgan fingerprint density at radius 2 is 1.26 bits per heavy atom. The second-order valence-electron chi connectivity index (χ2n) is 15.7. The van der Waals surface area contributed by atoms with Crippen LogP contribution in [0.3, 0.4) is 0 Å². The molecule has 0 radical (unpaired) electrons. The second kappa shape index (κ2) is 12.4. The molecule has 268 valence electrons. The van der Waals surface area contributed by atoms with Crippen LogP contribution in [0.1, 0.15) is 76.3 Å². The van der Waals surface area contributed by atoms with Gasteiger partial charge in [-0.2, -0.15) is 43.7 Å². The number of hydrogen-bond acceptors (Lipinski definition) is 4. The van der Waals surface area contributed by atoms with Gasteiger partial charge in [0, 0.05) is 38.6 Å². The summed E-state index contributed by atoms with van der Waals surface area (Å²) in [6, 6.07) is 44.3. The zero-order valence-electron chi connectivity index (χ0n) is 31.9. The molecule has 5 nitrogen and oxygen atoms in total. The maximum Gasteiger partial charge on any atom is 4.00 e. The van der Waals surface area contributed by atoms with Crippen molar-refractivity contribution in [1.29, 1.82) is 0 Å². The fourth-order valence-corrected chi connectivity index (χ4v) is 8.59. The molecular weight excluding hydrogens is 830 g/mol. The Bertz CT molecular complexity index is 2500. The molecule has 3 aliphatic rings. The van der Waals surface area contributed by atoms with E-state index in [0.29, 0.717) is 0 Å². The van der Waals surface area contributed by atoms with E-state index >= 15 is 0 Å². The summed E-state index contributed by atoms with van der Waals surface area (Å²) < 4.78 is 2.50. The van der Waals surface area contributed by atoms with Gasteiger partial charge in [-0.25, -0.2) is 0 Å². The minimum Gasteiger partial charge on any atom is -0.508 e. The van der Waals surface area contributed by atoms with E-state index in [1.807, 2.05) is 0 Å². The summed E-state index contributed by atoms with van der Waals surface area (Å²) in [5.74, 6) is 0. The van der Waals surface area contributed by atoms with E-state index in [0.717, 1.165) is 28.2 Å². The molecule has 1 unspecified atom stereocenters. The fourth-order valence-electron chi connectivity index (χ4n) is 8.59. The number of rotatable bonds is 4. The van der Waals surface area contributed by atoms with E-state index in [9.17, 15) is 0 Å². The summed E-state index contributed by atoms with van der Waals surface area (Å²) in [6.45, 7) is 19.9. The van der Waals surface area contributed by atoms with Gasteiger partial charge in [0.15, 0.2) is 0 Å². The molecule has 53 heavy (non-hydrogen) atoms. The Morgan fingerprint density at radius 1 is 0.623 bits per heavy atom. The van der Waals surface area contributed by atoms with Gasteiger partial charge in [-0.05, 0) is 87.4 Å². The van der Waals surface area contributed by atoms with Gasteiger partial charge < -0.3 is 24.2 Å². The van der Waals surface area contributed by atoms with Crippen LogP contribution in [0.2, 0.25) is 0 Å². The van der Waals surface area contributed by atoms with Crippen molar-refractivity contribution in [3.8, 4) is 5.69 Å². The molecule has 0 aliphatic carbocycles. The molecule has 1 atom stereocenters. The third kappa shape index (κ3) is 4.99. The molecule has 0 fully saturated rings. The van der Waals surface area contributed by atoms with Crippen molar-refractivity contribution in [2.24, 2.45) is 0 Å². The molecular formula is C47H45N5Pt. The van der Waals surface area contributed by atoms with Crippen LogP contribution in [0.25, 0.3) is 27.5 Å². The summed E-state index contributed by atoms with van der Waals surface area (Å²) in [7, 11) is 4.22. The average molecular weight is 875 g/mol. The predicted octanol–water partition coefficient (Wildman–Crippen LogP) is 10.6. The number of aromatic nitrogens is 1. The maximum atomic E-state index is 4.11. The number of para-hydroxylation sites is 1. The number of fused-ring (bicyclic) bond motifs is 5. The number of anilines is 2. The third-order valence-corrected chi connectivity index (χ3v) is 11.9. The molecule has 3 aliphatic heterocycles. The van der Waals surface area contributed by atoms with E-state index < -0.39 is 5.41 Å². The quantitative estimate of drug-likeness (QED) is 0.164. The van der Waals surface area contributed by atoms with Crippen molar-refractivity contribution in [1.82, 2.24) is 14.4 Å². The van der Waals surface area contributed by atoms with Crippen LogP contribution in [0.15, 0.2) is 120 Å². The van der Waals surface area contributed by atoms with Crippen LogP contribution in [-0.4, -0.2) is 28.5 Å². The van der Waals surface area contributed by atoms with Gasteiger partial charge >= 0.3 is 21.1 Å². The van der Waals surface area contributed by atoms with E-state index in [-0.39, 0.29) is 26.5 Å². The van der Waals surface area contributed by atoms with E-state index in [1.54, 1.807) is 0 Å². The largest absolute Gasteiger partial charge is 4.00 e. The number of allylic oxidation sites excluding steroid dienone is 4. The average Bonchev–Trinajstić information content (AvgIpc) is 3.72. The fraction of sp³-hybridized carbons (Fsp3) is 0.234. The van der Waals surface area contributed by atoms with E-state index in [1.165, 1.54) is 61.3 Å². The molecule has 4 heterocycles. The van der Waals surface area contributed by atoms with Crippen molar-refractivity contribution in [2.75, 3.05) is 23.9 Å². The summed E-state index contributed by atoms with van der Waals surface area (Å²) >= 11 is 0. The normalized spacial score (nSPS) is 18.5. The van der Waals surface area contributed by atoms with E-state index in [2.05, 4.69) is 209 Å². The number of benzene rings is 5. The van der Waals surface area contributed by atoms with Crippen molar-refractivity contribution in [3.63, 3.8) is 0 Å². The monoisotopic (exact) mass is 874 g/mol. The Kier molecular flexibility index (Phi) is 8.27. The predicted molar refractivity (Wildman–Crippen MR) is 215 cm³/mol. The molecule has 0 saturated carbocycles. The van der Waals surface area contributed by atoms with Crippen LogP contribution >= 0.6 is 0 Å². The Balaban J connectivity index is 0.00000400. The standard InChI is InChI=1S/C47H45N5.Pt/c1-30-32(3)50(28-48(30)8)37-18-13-17-36(25-37)47(34-15-11-10-12-16-34)41-20-14-19-39-40-26-35(46(5,6)7)21-23-43(40)52(45(39)41)44-24-22-38(27-42(44)47)51-29-49(9)31(2)33(51)4;/h10-24,26,28-29H,1-9H3;/q-4;+4. The first-order chi connectivity index (χ1) is 24.9. The zero-order chi connectivity index (χ0) is 36.3. The summed E-state index contributed by atoms with van der Waals surface area (Å²) in [5.41, 5.74) is 15.7. The molecule has 5 aromatic carbocycles. The first kappa shape index (κ1) is 35.3. The molecule has 6 heteroatoms. The molecule has 0 bridgehead atoms. The second-order valence-corrected chi connectivity index (χ2v) is 15.7. The van der Waals surface area contributed by atoms with Gasteiger partial charge in [-0.1, -0.05) is 81.1 Å². The SMILES string of the molecule is CC1=C(C)N(c2[c-]c(C3(c4ccccc4)c4[c-]c(N5[CH-]N(C)C(C)=C5C)ccc4-n4c5ccc(C(C)(C)C)cc5c5cccc3c54)ccc2)[CH-]N1C.[Pt+4]. The van der Waals surface area contributed by atoms with Gasteiger partial charge in [0.2, 0.25) is 0 Å². The van der Waals surface area contributed by atoms with Crippen molar-refractivity contribution >= 4 is 33.2 Å². The van der Waals surface area contributed by atoms with Gasteiger partial charge in [0.1, 0.15) is 0 Å². The van der Waals surface area contributed by atoms with Crippen LogP contribution in [0, 0.1) is 25.5 Å². The van der Waals surface area contributed by atoms with Crippen LogP contribution in [0.4, 0.5) is 11.4 Å². The topological polar surface area (TPSA) is 17.9 Å². The first-order valence-corrected chi connectivity index (χ1v) is 18.2. The molecule has 6 aromatic rings. The first-order valence-electron chi connectivity index (χ1n) is 18.2. The molecule has 0 spiro atoms. The van der Waals surface area contributed by atoms with Crippen molar-refractivity contribution in [3.05, 3.63) is 173 Å². The minimum absolute atomic E-state index is 0. The van der Waals surface area contributed by atoms with Gasteiger partial charge in [0.05, 0.1) is 0 Å². The zero-order valence-corrected chi connectivity index (χ0v) is 34.2. The van der Waals surface area contributed by atoms with Gasteiger partial charge in [0.25, 0.3) is 0 Å². The number of nitrogens with zero attached hydrogens (tertiary/aromatic N) is 5. The summed E-state index contributed by atoms with van der Waals surface area (Å²) in [4.78, 5) is 8.91. The van der Waals surface area contributed by atoms with Gasteiger partial charge in [-0.15, -0.1) is 34.6 Å². The van der Waals surface area contributed by atoms with Crippen LogP contribution in [0.5, 0.6) is 0 Å². The smallest absolute Gasteiger partial charge is 0.508 e. The van der Waals surface area contributed by atoms with Gasteiger partial charge in [-0.3, -0.25) is 0 Å². The molecule has 0 amide bonds. The Hall–Kier alpha value is -4.73. The van der Waals surface area contributed by atoms with Crippen LogP contribution < -0.4 is 9.80 Å². The van der Waals surface area contributed by atoms with Crippen LogP contribution in [-0.2, 0) is 31.9 Å². The van der Waals surface area contributed by atoms with Crippen molar-refractivity contribution in [2.45, 2.75) is 59.3 Å². The molecule has 0 saturated heterocycles. The number of hydrogen-bond donors (Lipinski definition) is 0. The maximum absolute atomic E-state index is 4.11. The minimum atomic E-state index is -0.726. The third-order valence-electron chi connectivity index (χ3n) is 11.9. The molecule has 1 aromatic heterocycles. The molecule has 9 rings (SSSR count). The Labute approximate surface area is 329 Å². The Morgan fingerprint density at radius 3 is 1.89 bits per heavy atom.